The lowest BCUT2D eigenvalue weighted by Gasteiger charge is -2.17. The Labute approximate surface area is 88.6 Å². The molecule has 0 amide bonds. The Morgan fingerprint density at radius 3 is 2.43 bits per heavy atom. The molecule has 1 aliphatic rings. The number of hydrogen-bond donors (Lipinski definition) is 2. The van der Waals surface area contributed by atoms with Gasteiger partial charge in [-0.1, -0.05) is 20.8 Å². The van der Waals surface area contributed by atoms with E-state index >= 15 is 0 Å². The quantitative estimate of drug-likeness (QED) is 0.614. The molecule has 2 atom stereocenters. The predicted octanol–water partition coefficient (Wildman–Crippen LogP) is 2.00. The van der Waals surface area contributed by atoms with Gasteiger partial charge in [-0.15, -0.1) is 0 Å². The van der Waals surface area contributed by atoms with Gasteiger partial charge in [-0.2, -0.15) is 0 Å². The van der Waals surface area contributed by atoms with E-state index in [1.807, 2.05) is 0 Å². The van der Waals surface area contributed by atoms with Crippen molar-refractivity contribution in [2.45, 2.75) is 46.1 Å². The van der Waals surface area contributed by atoms with E-state index < -0.39 is 0 Å². The van der Waals surface area contributed by atoms with Crippen molar-refractivity contribution in [2.75, 3.05) is 13.1 Å². The standard InChI is InChI=1S/C12H26N2/c1-9(2)10(3)8-14-7-6-12(13)11-4-5-11/h9-12,14H,4-8,13H2,1-3H3. The summed E-state index contributed by atoms with van der Waals surface area (Å²) in [6, 6.07) is 0.455. The first-order valence-corrected chi connectivity index (χ1v) is 6.07. The molecule has 0 bridgehead atoms. The van der Waals surface area contributed by atoms with Crippen molar-refractivity contribution >= 4 is 0 Å². The van der Waals surface area contributed by atoms with Crippen LogP contribution in [0.5, 0.6) is 0 Å². The minimum Gasteiger partial charge on any atom is -0.327 e. The summed E-state index contributed by atoms with van der Waals surface area (Å²) in [5, 5.41) is 3.50. The molecule has 14 heavy (non-hydrogen) atoms. The van der Waals surface area contributed by atoms with Crippen LogP contribution in [-0.4, -0.2) is 19.1 Å². The average Bonchev–Trinajstić information content (AvgIpc) is 2.94. The number of nitrogens with two attached hydrogens (primary N) is 1. The highest BCUT2D eigenvalue weighted by atomic mass is 14.9. The third-order valence-electron chi connectivity index (χ3n) is 3.49. The van der Waals surface area contributed by atoms with E-state index in [1.54, 1.807) is 0 Å². The molecule has 1 rings (SSSR count). The maximum atomic E-state index is 6.02. The summed E-state index contributed by atoms with van der Waals surface area (Å²) in [6.07, 6.45) is 3.88. The Hall–Kier alpha value is -0.0800. The lowest BCUT2D eigenvalue weighted by Crippen LogP contribution is -2.31. The second-order valence-corrected chi connectivity index (χ2v) is 5.22. The van der Waals surface area contributed by atoms with Crippen molar-refractivity contribution in [1.82, 2.24) is 5.32 Å². The maximum Gasteiger partial charge on any atom is 0.00792 e. The first-order valence-electron chi connectivity index (χ1n) is 6.07. The van der Waals surface area contributed by atoms with Crippen molar-refractivity contribution in [3.63, 3.8) is 0 Å². The van der Waals surface area contributed by atoms with Crippen LogP contribution in [0.25, 0.3) is 0 Å². The minimum absolute atomic E-state index is 0.455. The molecular weight excluding hydrogens is 172 g/mol. The van der Waals surface area contributed by atoms with Crippen molar-refractivity contribution < 1.29 is 0 Å². The van der Waals surface area contributed by atoms with Crippen LogP contribution in [0.2, 0.25) is 0 Å². The molecular formula is C12H26N2. The number of hydrogen-bond acceptors (Lipinski definition) is 2. The highest BCUT2D eigenvalue weighted by molar-refractivity contribution is 4.84. The average molecular weight is 198 g/mol. The van der Waals surface area contributed by atoms with Crippen molar-refractivity contribution in [3.05, 3.63) is 0 Å². The Morgan fingerprint density at radius 2 is 1.93 bits per heavy atom. The van der Waals surface area contributed by atoms with E-state index in [4.69, 9.17) is 5.73 Å². The molecule has 2 heteroatoms. The molecule has 0 radical (unpaired) electrons. The molecule has 1 fully saturated rings. The van der Waals surface area contributed by atoms with Crippen LogP contribution in [0.15, 0.2) is 0 Å². The SMILES string of the molecule is CC(C)C(C)CNCCC(N)C1CC1. The summed E-state index contributed by atoms with van der Waals surface area (Å²) in [5.41, 5.74) is 6.02. The molecule has 0 aromatic rings. The van der Waals surface area contributed by atoms with Gasteiger partial charge in [-0.05, 0) is 50.1 Å². The minimum atomic E-state index is 0.455. The normalized spacial score (nSPS) is 21.2. The van der Waals surface area contributed by atoms with Gasteiger partial charge in [-0.25, -0.2) is 0 Å². The van der Waals surface area contributed by atoms with Gasteiger partial charge in [0.2, 0.25) is 0 Å². The van der Waals surface area contributed by atoms with Gasteiger partial charge in [-0.3, -0.25) is 0 Å². The summed E-state index contributed by atoms with van der Waals surface area (Å²) in [7, 11) is 0. The summed E-state index contributed by atoms with van der Waals surface area (Å²) in [5.74, 6) is 2.39. The Morgan fingerprint density at radius 1 is 1.29 bits per heavy atom. The molecule has 3 N–H and O–H groups in total. The molecule has 2 nitrogen and oxygen atoms in total. The molecule has 84 valence electrons. The fraction of sp³-hybridized carbons (Fsp3) is 1.00. The van der Waals surface area contributed by atoms with E-state index in [1.165, 1.54) is 12.8 Å². The first-order chi connectivity index (χ1) is 6.61. The van der Waals surface area contributed by atoms with E-state index in [0.717, 1.165) is 37.3 Å². The van der Waals surface area contributed by atoms with Gasteiger partial charge in [0.05, 0.1) is 0 Å². The summed E-state index contributed by atoms with van der Waals surface area (Å²) in [6.45, 7) is 9.09. The third kappa shape index (κ3) is 4.43. The molecule has 0 heterocycles. The van der Waals surface area contributed by atoms with Crippen LogP contribution >= 0.6 is 0 Å². The maximum absolute atomic E-state index is 6.02. The highest BCUT2D eigenvalue weighted by Gasteiger charge is 2.27. The number of rotatable bonds is 7. The zero-order valence-corrected chi connectivity index (χ0v) is 9.92. The van der Waals surface area contributed by atoms with Gasteiger partial charge in [0.25, 0.3) is 0 Å². The summed E-state index contributed by atoms with van der Waals surface area (Å²) in [4.78, 5) is 0. The van der Waals surface area contributed by atoms with Crippen molar-refractivity contribution in [3.8, 4) is 0 Å². The van der Waals surface area contributed by atoms with Crippen LogP contribution in [0.1, 0.15) is 40.0 Å². The van der Waals surface area contributed by atoms with Gasteiger partial charge in [0.15, 0.2) is 0 Å². The van der Waals surface area contributed by atoms with Gasteiger partial charge in [0.1, 0.15) is 0 Å². The molecule has 0 spiro atoms. The number of nitrogens with one attached hydrogen (secondary N) is 1. The fourth-order valence-electron chi connectivity index (χ4n) is 1.59. The van der Waals surface area contributed by atoms with Crippen molar-refractivity contribution in [2.24, 2.45) is 23.5 Å². The van der Waals surface area contributed by atoms with E-state index in [9.17, 15) is 0 Å². The topological polar surface area (TPSA) is 38.0 Å². The van der Waals surface area contributed by atoms with E-state index in [0.29, 0.717) is 6.04 Å². The first kappa shape index (κ1) is 12.0. The highest BCUT2D eigenvalue weighted by Crippen LogP contribution is 2.32. The van der Waals surface area contributed by atoms with Gasteiger partial charge < -0.3 is 11.1 Å². The molecule has 1 saturated carbocycles. The lowest BCUT2D eigenvalue weighted by atomic mass is 9.98. The molecule has 0 aliphatic heterocycles. The van der Waals surface area contributed by atoms with Crippen LogP contribution in [-0.2, 0) is 0 Å². The van der Waals surface area contributed by atoms with Crippen LogP contribution in [0, 0.1) is 17.8 Å². The molecule has 0 aromatic heterocycles. The zero-order valence-electron chi connectivity index (χ0n) is 9.92. The largest absolute Gasteiger partial charge is 0.327 e. The van der Waals surface area contributed by atoms with E-state index in [-0.39, 0.29) is 0 Å². The van der Waals surface area contributed by atoms with Crippen molar-refractivity contribution in [1.29, 1.82) is 0 Å². The Bertz CT molecular complexity index is 142. The monoisotopic (exact) mass is 198 g/mol. The van der Waals surface area contributed by atoms with Crippen LogP contribution in [0.4, 0.5) is 0 Å². The fourth-order valence-corrected chi connectivity index (χ4v) is 1.59. The molecule has 0 saturated heterocycles. The smallest absolute Gasteiger partial charge is 0.00792 e. The Kier molecular flexibility index (Phi) is 4.90. The summed E-state index contributed by atoms with van der Waals surface area (Å²) < 4.78 is 0. The van der Waals surface area contributed by atoms with Gasteiger partial charge >= 0.3 is 0 Å². The Balaban J connectivity index is 1.93. The lowest BCUT2D eigenvalue weighted by molar-refractivity contribution is 0.386. The third-order valence-corrected chi connectivity index (χ3v) is 3.49. The zero-order chi connectivity index (χ0) is 10.6. The molecule has 1 aliphatic carbocycles. The summed E-state index contributed by atoms with van der Waals surface area (Å²) >= 11 is 0. The van der Waals surface area contributed by atoms with E-state index in [2.05, 4.69) is 26.1 Å². The molecule has 0 aromatic carbocycles. The second kappa shape index (κ2) is 5.72. The molecule has 2 unspecified atom stereocenters. The van der Waals surface area contributed by atoms with Crippen LogP contribution < -0.4 is 11.1 Å². The predicted molar refractivity (Wildman–Crippen MR) is 62.2 cm³/mol. The van der Waals surface area contributed by atoms with Gasteiger partial charge in [0, 0.05) is 6.04 Å². The van der Waals surface area contributed by atoms with Crippen LogP contribution in [0.3, 0.4) is 0 Å². The second-order valence-electron chi connectivity index (χ2n) is 5.22.